The molecule has 0 radical (unpaired) electrons. The highest BCUT2D eigenvalue weighted by molar-refractivity contribution is 5.93. The minimum atomic E-state index is 0.495. The molecule has 5 heteroatoms. The first-order chi connectivity index (χ1) is 9.17. The van der Waals surface area contributed by atoms with Crippen molar-refractivity contribution >= 4 is 11.6 Å². The quantitative estimate of drug-likeness (QED) is 0.242. The van der Waals surface area contributed by atoms with Crippen LogP contribution in [0, 0.1) is 0 Å². The average Bonchev–Trinajstić information content (AvgIpc) is 2.42. The maximum Gasteiger partial charge on any atom is 0.210 e. The third kappa shape index (κ3) is 5.72. The first kappa shape index (κ1) is 15.5. The van der Waals surface area contributed by atoms with E-state index in [9.17, 15) is 0 Å². The molecule has 106 valence electrons. The lowest BCUT2D eigenvalue weighted by Crippen LogP contribution is -2.36. The number of nitrogens with one attached hydrogen (secondary N) is 2. The Hall–Kier alpha value is -1.59. The number of aliphatic imine (C=N–C) groups is 1. The number of hydrogen-bond donors (Lipinski definition) is 3. The fraction of sp³-hybridized carbons (Fsp3) is 0.500. The lowest BCUT2D eigenvalue weighted by Gasteiger charge is -2.12. The van der Waals surface area contributed by atoms with E-state index in [1.54, 1.807) is 7.11 Å². The zero-order valence-electron chi connectivity index (χ0n) is 11.9. The molecule has 0 saturated carbocycles. The first-order valence-electron chi connectivity index (χ1n) is 6.54. The summed E-state index contributed by atoms with van der Waals surface area (Å²) >= 11 is 0. The van der Waals surface area contributed by atoms with Crippen molar-refractivity contribution in [3.05, 3.63) is 29.8 Å². The van der Waals surface area contributed by atoms with Gasteiger partial charge in [-0.2, -0.15) is 0 Å². The smallest absolute Gasteiger partial charge is 0.210 e. The third-order valence-corrected chi connectivity index (χ3v) is 2.73. The van der Waals surface area contributed by atoms with Gasteiger partial charge in [0.05, 0.1) is 0 Å². The Morgan fingerprint density at radius 2 is 2.21 bits per heavy atom. The van der Waals surface area contributed by atoms with Gasteiger partial charge in [0.25, 0.3) is 0 Å². The van der Waals surface area contributed by atoms with E-state index in [4.69, 9.17) is 10.6 Å². The Bertz CT molecular complexity index is 404. The summed E-state index contributed by atoms with van der Waals surface area (Å²) in [7, 11) is 1.68. The molecule has 1 aromatic rings. The maximum absolute atomic E-state index is 5.46. The van der Waals surface area contributed by atoms with Crippen molar-refractivity contribution < 1.29 is 4.74 Å². The summed E-state index contributed by atoms with van der Waals surface area (Å²) in [5.74, 6) is 6.52. The highest BCUT2D eigenvalue weighted by Gasteiger charge is 2.02. The topological polar surface area (TPSA) is 71.7 Å². The largest absolute Gasteiger partial charge is 0.385 e. The number of guanidine groups is 1. The van der Waals surface area contributed by atoms with Crippen LogP contribution < -0.4 is 16.6 Å². The second-order valence-corrected chi connectivity index (χ2v) is 4.63. The Labute approximate surface area is 115 Å². The zero-order chi connectivity index (χ0) is 14.1. The standard InChI is InChI=1S/C14H24N4O/c1-11(2)12-6-4-7-13(10-12)17-14(18-15)16-8-5-9-19-3/h4,6-7,10-11H,5,8-9,15H2,1-3H3,(H2,16,17,18). The third-order valence-electron chi connectivity index (χ3n) is 2.73. The van der Waals surface area contributed by atoms with Crippen LogP contribution in [0.4, 0.5) is 5.69 Å². The van der Waals surface area contributed by atoms with E-state index in [2.05, 4.69) is 41.7 Å². The van der Waals surface area contributed by atoms with Crippen LogP contribution in [0.2, 0.25) is 0 Å². The van der Waals surface area contributed by atoms with Gasteiger partial charge in [0.2, 0.25) is 5.96 Å². The summed E-state index contributed by atoms with van der Waals surface area (Å²) in [5.41, 5.74) is 4.83. The number of nitrogens with two attached hydrogens (primary N) is 1. The van der Waals surface area contributed by atoms with Crippen LogP contribution in [-0.4, -0.2) is 26.2 Å². The monoisotopic (exact) mass is 264 g/mol. The molecule has 0 fully saturated rings. The Morgan fingerprint density at radius 3 is 2.84 bits per heavy atom. The molecular weight excluding hydrogens is 240 g/mol. The second-order valence-electron chi connectivity index (χ2n) is 4.63. The Kier molecular flexibility index (Phi) is 6.92. The van der Waals surface area contributed by atoms with Gasteiger partial charge in [-0.1, -0.05) is 26.0 Å². The summed E-state index contributed by atoms with van der Waals surface area (Å²) in [6.45, 7) is 5.70. The number of hydrogen-bond acceptors (Lipinski definition) is 3. The summed E-state index contributed by atoms with van der Waals surface area (Å²) in [5, 5.41) is 3.17. The van der Waals surface area contributed by atoms with Crippen LogP contribution >= 0.6 is 0 Å². The number of rotatable bonds is 6. The number of hydrazine groups is 1. The lowest BCUT2D eigenvalue weighted by molar-refractivity contribution is 0.197. The highest BCUT2D eigenvalue weighted by atomic mass is 16.5. The predicted molar refractivity (Wildman–Crippen MR) is 80.3 cm³/mol. The SMILES string of the molecule is COCCCN=C(NN)Nc1cccc(C(C)C)c1. The van der Waals surface area contributed by atoms with E-state index in [1.165, 1.54) is 5.56 Å². The van der Waals surface area contributed by atoms with Crippen LogP contribution in [0.15, 0.2) is 29.3 Å². The Morgan fingerprint density at radius 1 is 1.42 bits per heavy atom. The lowest BCUT2D eigenvalue weighted by atomic mass is 10.0. The van der Waals surface area contributed by atoms with E-state index in [0.29, 0.717) is 25.0 Å². The number of methoxy groups -OCH3 is 1. The van der Waals surface area contributed by atoms with Gasteiger partial charge in [0.15, 0.2) is 0 Å². The van der Waals surface area contributed by atoms with E-state index >= 15 is 0 Å². The van der Waals surface area contributed by atoms with Crippen molar-refractivity contribution in [2.45, 2.75) is 26.2 Å². The summed E-state index contributed by atoms with van der Waals surface area (Å²) < 4.78 is 4.98. The first-order valence-corrected chi connectivity index (χ1v) is 6.54. The minimum absolute atomic E-state index is 0.495. The molecule has 4 N–H and O–H groups in total. The zero-order valence-corrected chi connectivity index (χ0v) is 11.9. The minimum Gasteiger partial charge on any atom is -0.385 e. The van der Waals surface area contributed by atoms with E-state index < -0.39 is 0 Å². The van der Waals surface area contributed by atoms with Crippen molar-refractivity contribution in [1.82, 2.24) is 5.43 Å². The van der Waals surface area contributed by atoms with Gasteiger partial charge in [-0.25, -0.2) is 5.84 Å². The molecule has 0 bridgehead atoms. The van der Waals surface area contributed by atoms with Crippen molar-refractivity contribution in [2.24, 2.45) is 10.8 Å². The number of ether oxygens (including phenoxy) is 1. The molecule has 0 aliphatic carbocycles. The van der Waals surface area contributed by atoms with Crippen LogP contribution in [-0.2, 0) is 4.74 Å². The molecule has 0 unspecified atom stereocenters. The summed E-state index contributed by atoms with van der Waals surface area (Å²) in [6, 6.07) is 8.23. The molecule has 0 atom stereocenters. The van der Waals surface area contributed by atoms with Gasteiger partial charge in [0.1, 0.15) is 0 Å². The van der Waals surface area contributed by atoms with Crippen LogP contribution in [0.3, 0.4) is 0 Å². The van der Waals surface area contributed by atoms with Crippen molar-refractivity contribution in [2.75, 3.05) is 25.6 Å². The fourth-order valence-electron chi connectivity index (χ4n) is 1.63. The van der Waals surface area contributed by atoms with E-state index in [-0.39, 0.29) is 0 Å². The van der Waals surface area contributed by atoms with Gasteiger partial charge in [-0.3, -0.25) is 10.4 Å². The molecule has 1 aromatic carbocycles. The van der Waals surface area contributed by atoms with Crippen LogP contribution in [0.1, 0.15) is 31.7 Å². The molecule has 5 nitrogen and oxygen atoms in total. The molecule has 0 aliphatic heterocycles. The number of nitrogens with zero attached hydrogens (tertiary/aromatic N) is 1. The highest BCUT2D eigenvalue weighted by Crippen LogP contribution is 2.18. The normalized spacial score (nSPS) is 11.7. The van der Waals surface area contributed by atoms with Crippen molar-refractivity contribution in [3.63, 3.8) is 0 Å². The van der Waals surface area contributed by atoms with E-state index in [0.717, 1.165) is 12.1 Å². The average molecular weight is 264 g/mol. The van der Waals surface area contributed by atoms with Gasteiger partial charge in [-0.15, -0.1) is 0 Å². The van der Waals surface area contributed by atoms with Crippen LogP contribution in [0.25, 0.3) is 0 Å². The Balaban J connectivity index is 2.62. The van der Waals surface area contributed by atoms with Gasteiger partial charge in [0, 0.05) is 25.9 Å². The maximum atomic E-state index is 5.46. The molecule has 0 heterocycles. The predicted octanol–water partition coefficient (Wildman–Crippen LogP) is 2.08. The van der Waals surface area contributed by atoms with Crippen LogP contribution in [0.5, 0.6) is 0 Å². The molecule has 0 aliphatic rings. The van der Waals surface area contributed by atoms with Crippen molar-refractivity contribution in [1.29, 1.82) is 0 Å². The van der Waals surface area contributed by atoms with Gasteiger partial charge < -0.3 is 10.1 Å². The summed E-state index contributed by atoms with van der Waals surface area (Å²) in [6.07, 6.45) is 0.870. The van der Waals surface area contributed by atoms with Gasteiger partial charge >= 0.3 is 0 Å². The molecular formula is C14H24N4O. The fourth-order valence-corrected chi connectivity index (χ4v) is 1.63. The molecule has 0 saturated heterocycles. The number of benzene rings is 1. The van der Waals surface area contributed by atoms with E-state index in [1.807, 2.05) is 12.1 Å². The molecule has 1 rings (SSSR count). The molecule has 0 aromatic heterocycles. The second kappa shape index (κ2) is 8.50. The summed E-state index contributed by atoms with van der Waals surface area (Å²) in [4.78, 5) is 4.34. The molecule has 19 heavy (non-hydrogen) atoms. The van der Waals surface area contributed by atoms with Gasteiger partial charge in [-0.05, 0) is 30.0 Å². The molecule has 0 spiro atoms. The van der Waals surface area contributed by atoms with Crippen molar-refractivity contribution in [3.8, 4) is 0 Å². The molecule has 0 amide bonds. The number of anilines is 1.